The van der Waals surface area contributed by atoms with Gasteiger partial charge in [-0.25, -0.2) is 14.6 Å². The lowest BCUT2D eigenvalue weighted by atomic mass is 9.81. The van der Waals surface area contributed by atoms with Crippen molar-refractivity contribution in [1.82, 2.24) is 20.8 Å². The van der Waals surface area contributed by atoms with Crippen molar-refractivity contribution in [2.75, 3.05) is 25.0 Å². The fourth-order valence-electron chi connectivity index (χ4n) is 3.66. The van der Waals surface area contributed by atoms with Gasteiger partial charge >= 0.3 is 6.03 Å². The zero-order chi connectivity index (χ0) is 16.8. The van der Waals surface area contributed by atoms with Crippen molar-refractivity contribution in [3.05, 3.63) is 11.3 Å². The van der Waals surface area contributed by atoms with Gasteiger partial charge in [0.25, 0.3) is 0 Å². The third-order valence-electron chi connectivity index (χ3n) is 4.90. The van der Waals surface area contributed by atoms with Gasteiger partial charge in [0.1, 0.15) is 0 Å². The summed E-state index contributed by atoms with van der Waals surface area (Å²) in [6.45, 7) is 2.86. The maximum Gasteiger partial charge on any atom is 0.320 e. The molecule has 1 fully saturated rings. The van der Waals surface area contributed by atoms with Crippen molar-refractivity contribution >= 4 is 17.9 Å². The number of rotatable bonds is 5. The molecule has 1 aromatic heterocycles. The van der Waals surface area contributed by atoms with E-state index in [-0.39, 0.29) is 6.03 Å². The van der Waals surface area contributed by atoms with Gasteiger partial charge < -0.3 is 10.6 Å². The first-order chi connectivity index (χ1) is 11.8. The van der Waals surface area contributed by atoms with Crippen LogP contribution in [0.3, 0.4) is 0 Å². The smallest absolute Gasteiger partial charge is 0.320 e. The van der Waals surface area contributed by atoms with Crippen molar-refractivity contribution < 1.29 is 9.59 Å². The van der Waals surface area contributed by atoms with Crippen LogP contribution < -0.4 is 16.0 Å². The zero-order valence-corrected chi connectivity index (χ0v) is 13.7. The molecule has 2 amide bonds. The van der Waals surface area contributed by atoms with E-state index in [0.717, 1.165) is 56.5 Å². The SMILES string of the molecule is O=C=NCC1CCCC(CNC(=O)Nc2n[nH]c3c2CCNC3)C1. The number of carbonyl (C=O) groups is 1. The summed E-state index contributed by atoms with van der Waals surface area (Å²) in [4.78, 5) is 26.1. The van der Waals surface area contributed by atoms with E-state index >= 15 is 0 Å². The molecule has 130 valence electrons. The molecule has 0 spiro atoms. The lowest BCUT2D eigenvalue weighted by molar-refractivity contribution is 0.239. The number of aliphatic imine (C=N–C) groups is 1. The van der Waals surface area contributed by atoms with Gasteiger partial charge in [0.15, 0.2) is 5.82 Å². The summed E-state index contributed by atoms with van der Waals surface area (Å²) >= 11 is 0. The minimum Gasteiger partial charge on any atom is -0.338 e. The Labute approximate surface area is 140 Å². The first-order valence-electron chi connectivity index (χ1n) is 8.61. The number of fused-ring (bicyclic) bond motifs is 1. The molecule has 0 bridgehead atoms. The van der Waals surface area contributed by atoms with Crippen LogP contribution in [0, 0.1) is 11.8 Å². The number of isocyanates is 1. The van der Waals surface area contributed by atoms with Crippen LogP contribution in [-0.4, -0.2) is 41.9 Å². The number of nitrogens with zero attached hydrogens (tertiary/aromatic N) is 2. The Balaban J connectivity index is 1.45. The number of carbonyl (C=O) groups excluding carboxylic acids is 2. The first kappa shape index (κ1) is 16.7. The predicted molar refractivity (Wildman–Crippen MR) is 89.5 cm³/mol. The minimum atomic E-state index is -0.212. The van der Waals surface area contributed by atoms with Crippen LogP contribution in [0.2, 0.25) is 0 Å². The van der Waals surface area contributed by atoms with Gasteiger partial charge in [0, 0.05) is 18.7 Å². The van der Waals surface area contributed by atoms with Gasteiger partial charge in [0.2, 0.25) is 6.08 Å². The second-order valence-electron chi connectivity index (χ2n) is 6.62. The molecule has 2 unspecified atom stereocenters. The first-order valence-corrected chi connectivity index (χ1v) is 8.61. The molecule has 3 rings (SSSR count). The van der Waals surface area contributed by atoms with E-state index in [1.54, 1.807) is 6.08 Å². The highest BCUT2D eigenvalue weighted by molar-refractivity contribution is 5.89. The summed E-state index contributed by atoms with van der Waals surface area (Å²) in [5, 5.41) is 16.2. The van der Waals surface area contributed by atoms with Crippen LogP contribution in [0.25, 0.3) is 0 Å². The van der Waals surface area contributed by atoms with Crippen LogP contribution in [-0.2, 0) is 17.8 Å². The molecular weight excluding hydrogens is 308 g/mol. The third kappa shape index (κ3) is 4.21. The lowest BCUT2D eigenvalue weighted by Crippen LogP contribution is -2.35. The predicted octanol–water partition coefficient (Wildman–Crippen LogP) is 1.32. The molecule has 2 aliphatic rings. The molecular formula is C16H24N6O2. The van der Waals surface area contributed by atoms with Crippen molar-refractivity contribution in [3.63, 3.8) is 0 Å². The Morgan fingerprint density at radius 3 is 3.12 bits per heavy atom. The molecule has 8 nitrogen and oxygen atoms in total. The van der Waals surface area contributed by atoms with Gasteiger partial charge in [-0.1, -0.05) is 6.42 Å². The molecule has 1 aliphatic heterocycles. The van der Waals surface area contributed by atoms with Crippen molar-refractivity contribution in [2.45, 2.75) is 38.6 Å². The summed E-state index contributed by atoms with van der Waals surface area (Å²) in [5.41, 5.74) is 2.13. The van der Waals surface area contributed by atoms with Gasteiger partial charge in [-0.3, -0.25) is 10.4 Å². The summed E-state index contributed by atoms with van der Waals surface area (Å²) in [6.07, 6.45) is 6.79. The summed E-state index contributed by atoms with van der Waals surface area (Å²) in [7, 11) is 0. The van der Waals surface area contributed by atoms with E-state index in [1.807, 2.05) is 0 Å². The van der Waals surface area contributed by atoms with Crippen molar-refractivity contribution in [1.29, 1.82) is 0 Å². The van der Waals surface area contributed by atoms with Gasteiger partial charge in [0.05, 0.1) is 12.2 Å². The fraction of sp³-hybridized carbons (Fsp3) is 0.688. The van der Waals surface area contributed by atoms with E-state index in [4.69, 9.17) is 0 Å². The average Bonchev–Trinajstić information content (AvgIpc) is 3.02. The molecule has 1 aliphatic carbocycles. The minimum absolute atomic E-state index is 0.212. The molecule has 2 heterocycles. The second-order valence-corrected chi connectivity index (χ2v) is 6.62. The Bertz CT molecular complexity index is 622. The number of aromatic amines is 1. The standard InChI is InChI=1S/C16H24N6O2/c23-10-18-7-11-2-1-3-12(6-11)8-19-16(24)20-15-13-4-5-17-9-14(13)21-22-15/h11-12,17H,1-9H2,(H3,19,20,21,22,24). The second kappa shape index (κ2) is 8.08. The normalized spacial score (nSPS) is 23.0. The number of anilines is 1. The fourth-order valence-corrected chi connectivity index (χ4v) is 3.66. The van der Waals surface area contributed by atoms with Crippen molar-refractivity contribution in [3.8, 4) is 0 Å². The number of aromatic nitrogens is 2. The van der Waals surface area contributed by atoms with Gasteiger partial charge in [-0.2, -0.15) is 5.10 Å². The molecule has 0 radical (unpaired) electrons. The highest BCUT2D eigenvalue weighted by atomic mass is 16.2. The molecule has 0 saturated heterocycles. The van der Waals surface area contributed by atoms with E-state index in [1.165, 1.54) is 0 Å². The Morgan fingerprint density at radius 2 is 2.25 bits per heavy atom. The quantitative estimate of drug-likeness (QED) is 0.481. The monoisotopic (exact) mass is 332 g/mol. The summed E-state index contributed by atoms with van der Waals surface area (Å²) in [6, 6.07) is -0.212. The molecule has 1 saturated carbocycles. The molecule has 2 atom stereocenters. The molecule has 1 aromatic rings. The van der Waals surface area contributed by atoms with Crippen molar-refractivity contribution in [2.24, 2.45) is 16.8 Å². The van der Waals surface area contributed by atoms with E-state index in [9.17, 15) is 9.59 Å². The van der Waals surface area contributed by atoms with Crippen LogP contribution in [0.4, 0.5) is 10.6 Å². The molecule has 0 aromatic carbocycles. The average molecular weight is 332 g/mol. The third-order valence-corrected chi connectivity index (χ3v) is 4.90. The van der Waals surface area contributed by atoms with Gasteiger partial charge in [-0.05, 0) is 44.1 Å². The summed E-state index contributed by atoms with van der Waals surface area (Å²) < 4.78 is 0. The van der Waals surface area contributed by atoms with Gasteiger partial charge in [-0.15, -0.1) is 0 Å². The van der Waals surface area contributed by atoms with E-state index < -0.39 is 0 Å². The Hall–Kier alpha value is -2.18. The topological polar surface area (TPSA) is 111 Å². The molecule has 4 N–H and O–H groups in total. The van der Waals surface area contributed by atoms with Crippen LogP contribution >= 0.6 is 0 Å². The zero-order valence-electron chi connectivity index (χ0n) is 13.7. The van der Waals surface area contributed by atoms with Crippen LogP contribution in [0.5, 0.6) is 0 Å². The largest absolute Gasteiger partial charge is 0.338 e. The van der Waals surface area contributed by atoms with Crippen LogP contribution in [0.1, 0.15) is 36.9 Å². The molecule has 24 heavy (non-hydrogen) atoms. The number of H-pyrrole nitrogens is 1. The number of urea groups is 1. The van der Waals surface area contributed by atoms with Crippen LogP contribution in [0.15, 0.2) is 4.99 Å². The maximum absolute atomic E-state index is 12.1. The Kier molecular flexibility index (Phi) is 5.61. The Morgan fingerprint density at radius 1 is 1.38 bits per heavy atom. The lowest BCUT2D eigenvalue weighted by Gasteiger charge is -2.28. The highest BCUT2D eigenvalue weighted by Crippen LogP contribution is 2.28. The van der Waals surface area contributed by atoms with E-state index in [2.05, 4.69) is 31.1 Å². The maximum atomic E-state index is 12.1. The highest BCUT2D eigenvalue weighted by Gasteiger charge is 2.23. The number of hydrogen-bond acceptors (Lipinski definition) is 5. The number of hydrogen-bond donors (Lipinski definition) is 4. The van der Waals surface area contributed by atoms with E-state index in [0.29, 0.717) is 30.7 Å². The number of amides is 2. The summed E-state index contributed by atoms with van der Waals surface area (Å²) in [5.74, 6) is 1.50. The molecule has 8 heteroatoms. The number of nitrogens with one attached hydrogen (secondary N) is 4.